The second-order valence-electron chi connectivity index (χ2n) is 14.2. The minimum Gasteiger partial charge on any atom is -0.395 e. The van der Waals surface area contributed by atoms with Gasteiger partial charge in [0.05, 0.1) is 95.9 Å². The molecule has 0 aliphatic heterocycles. The molecular weight excluding hydrogens is 738 g/mol. The van der Waals surface area contributed by atoms with E-state index >= 15 is 0 Å². The van der Waals surface area contributed by atoms with Crippen LogP contribution in [0.4, 0.5) is 0 Å². The lowest BCUT2D eigenvalue weighted by Gasteiger charge is -2.46. The lowest BCUT2D eigenvalue weighted by molar-refractivity contribution is -0.207. The van der Waals surface area contributed by atoms with E-state index in [0.717, 1.165) is 0 Å². The maximum absolute atomic E-state index is 9.93. The van der Waals surface area contributed by atoms with Crippen molar-refractivity contribution in [2.75, 3.05) is 59.5 Å². The zero-order valence-corrected chi connectivity index (χ0v) is 29.5. The van der Waals surface area contributed by atoms with E-state index in [1.807, 2.05) is 0 Å². The number of aliphatic hydroxyl groups excluding tert-OH is 18. The van der Waals surface area contributed by atoms with Crippen LogP contribution in [0.25, 0.3) is 0 Å². The van der Waals surface area contributed by atoms with Crippen LogP contribution in [0.3, 0.4) is 0 Å². The summed E-state index contributed by atoms with van der Waals surface area (Å²) >= 11 is 0. The van der Waals surface area contributed by atoms with Gasteiger partial charge in [-0.15, -0.1) is 0 Å². The first-order valence-electron chi connectivity index (χ1n) is 17.2. The molecule has 0 aromatic rings. The van der Waals surface area contributed by atoms with Crippen molar-refractivity contribution in [2.24, 2.45) is 0 Å². The van der Waals surface area contributed by atoms with Crippen molar-refractivity contribution in [1.29, 1.82) is 0 Å². The molecule has 0 heterocycles. The molecule has 0 spiro atoms. The first-order chi connectivity index (χ1) is 25.2. The molecule has 3 saturated carbocycles. The van der Waals surface area contributed by atoms with E-state index in [2.05, 4.69) is 16.0 Å². The number of hydrogen-bond acceptors (Lipinski definition) is 24. The summed E-state index contributed by atoms with van der Waals surface area (Å²) in [6.45, 7) is -4.69. The van der Waals surface area contributed by atoms with Crippen LogP contribution < -0.4 is 16.0 Å². The molecule has 24 nitrogen and oxygen atoms in total. The largest absolute Gasteiger partial charge is 0.395 e. The van der Waals surface area contributed by atoms with Crippen LogP contribution in [0.15, 0.2) is 0 Å². The van der Waals surface area contributed by atoms with Crippen LogP contribution in [-0.4, -0.2) is 275 Å². The van der Waals surface area contributed by atoms with Gasteiger partial charge in [0.25, 0.3) is 0 Å². The van der Waals surface area contributed by atoms with Crippen molar-refractivity contribution < 1.29 is 107 Å². The third-order valence-electron chi connectivity index (χ3n) is 10.1. The second-order valence-corrected chi connectivity index (χ2v) is 14.2. The van der Waals surface area contributed by atoms with Crippen molar-refractivity contribution >= 4 is 0 Å². The Morgan fingerprint density at radius 3 is 0.685 bits per heavy atom. The van der Waals surface area contributed by atoms with Gasteiger partial charge in [0.15, 0.2) is 0 Å². The van der Waals surface area contributed by atoms with Gasteiger partial charge in [-0.2, -0.15) is 0 Å². The Labute approximate surface area is 310 Å². The Morgan fingerprint density at radius 1 is 0.352 bits per heavy atom. The van der Waals surface area contributed by atoms with Crippen molar-refractivity contribution in [1.82, 2.24) is 16.0 Å². The molecular formula is C30H63N3O21. The van der Waals surface area contributed by atoms with Crippen LogP contribution in [0.1, 0.15) is 19.3 Å². The van der Waals surface area contributed by atoms with Gasteiger partial charge in [-0.3, -0.25) is 0 Å². The molecule has 0 unspecified atom stereocenters. The molecule has 0 amide bonds. The van der Waals surface area contributed by atoms with E-state index in [9.17, 15) is 61.3 Å². The highest BCUT2D eigenvalue weighted by Gasteiger charge is 2.53. The van der Waals surface area contributed by atoms with Crippen LogP contribution in [0.5, 0.6) is 0 Å². The van der Waals surface area contributed by atoms with Crippen LogP contribution in [0.2, 0.25) is 0 Å². The molecule has 0 saturated heterocycles. The van der Waals surface area contributed by atoms with Gasteiger partial charge >= 0.3 is 0 Å². The van der Waals surface area contributed by atoms with Gasteiger partial charge in [-0.05, 0) is 19.3 Å². The maximum atomic E-state index is 9.93. The minimum absolute atomic E-state index is 0.223. The molecule has 24 heteroatoms. The fraction of sp³-hybridized carbons (Fsp3) is 1.00. The number of nitrogens with one attached hydrogen (secondary N) is 3. The van der Waals surface area contributed by atoms with E-state index in [0.29, 0.717) is 0 Å². The minimum atomic E-state index is -1.94. The SMILES string of the molecule is OCC(CO)N[C@H]1C[C@](O)(CO)[C@@H](O)[C@H](O)[C@H]1O.OCC(CO)N[C@H]1C[C@](O)(CO)[C@@H](O)[C@H](O)[C@H]1O.OCC(CO)N[C@H]1C[C@](O)(CO)[C@@H](O)[C@H](O)[C@H]1O. The van der Waals surface area contributed by atoms with E-state index in [-0.39, 0.29) is 19.3 Å². The monoisotopic (exact) mass is 801 g/mol. The molecule has 24 N–H and O–H groups in total. The standard InChI is InChI=1S/3C10H21NO7/c3*12-2-5(3-13)11-6-1-10(18,4-14)9(17)8(16)7(6)15/h3*5-9,11-18H,1-4H2/t3*6-,7-,8+,9-,10-/m000/s1. The first kappa shape index (κ1) is 51.1. The Kier molecular flexibility index (Phi) is 21.6. The number of hydrogen-bond donors (Lipinski definition) is 24. The predicted molar refractivity (Wildman–Crippen MR) is 179 cm³/mol. The summed E-state index contributed by atoms with van der Waals surface area (Å²) in [6, 6.07) is -4.79. The quantitative estimate of drug-likeness (QED) is 0.0731. The molecule has 54 heavy (non-hydrogen) atoms. The third-order valence-corrected chi connectivity index (χ3v) is 10.1. The van der Waals surface area contributed by atoms with E-state index in [1.165, 1.54) is 0 Å². The zero-order chi connectivity index (χ0) is 41.8. The molecule has 0 radical (unpaired) electrons. The average molecular weight is 802 g/mol. The summed E-state index contributed by atoms with van der Waals surface area (Å²) in [6.07, 6.45) is -14.7. The van der Waals surface area contributed by atoms with Gasteiger partial charge in [-0.1, -0.05) is 0 Å². The Balaban J connectivity index is 0.000000405. The maximum Gasteiger partial charge on any atom is 0.118 e. The fourth-order valence-corrected chi connectivity index (χ4v) is 6.44. The first-order valence-corrected chi connectivity index (χ1v) is 17.2. The van der Waals surface area contributed by atoms with Gasteiger partial charge in [-0.25, -0.2) is 0 Å². The summed E-state index contributed by atoms with van der Waals surface area (Å²) in [5.41, 5.74) is -5.82. The summed E-state index contributed by atoms with van der Waals surface area (Å²) in [5.74, 6) is 0. The smallest absolute Gasteiger partial charge is 0.118 e. The van der Waals surface area contributed by atoms with Gasteiger partial charge in [0, 0.05) is 18.1 Å². The molecule has 0 aromatic carbocycles. The molecule has 3 aliphatic carbocycles. The molecule has 0 bridgehead atoms. The van der Waals surface area contributed by atoms with E-state index < -0.39 is 167 Å². The summed E-state index contributed by atoms with van der Waals surface area (Å²) in [7, 11) is 0. The average Bonchev–Trinajstić information content (AvgIpc) is 3.18. The predicted octanol–water partition coefficient (Wildman–Crippen LogP) is -13.5. The highest BCUT2D eigenvalue weighted by Crippen LogP contribution is 2.32. The van der Waals surface area contributed by atoms with E-state index in [4.69, 9.17) is 46.0 Å². The van der Waals surface area contributed by atoms with Crippen LogP contribution in [0, 0.1) is 0 Å². The Hall–Kier alpha value is -0.960. The Bertz CT molecular complexity index is 911. The summed E-state index contributed by atoms with van der Waals surface area (Å²) in [5, 5.41) is 205. The van der Waals surface area contributed by atoms with Gasteiger partial charge in [0.1, 0.15) is 53.4 Å². The lowest BCUT2D eigenvalue weighted by Crippen LogP contribution is -2.68. The molecule has 15 atom stereocenters. The fourth-order valence-electron chi connectivity index (χ4n) is 6.44. The van der Waals surface area contributed by atoms with E-state index in [1.54, 1.807) is 0 Å². The van der Waals surface area contributed by atoms with Crippen molar-refractivity contribution in [3.63, 3.8) is 0 Å². The third kappa shape index (κ3) is 12.5. The summed E-state index contributed by atoms with van der Waals surface area (Å²) < 4.78 is 0. The lowest BCUT2D eigenvalue weighted by atomic mass is 9.76. The highest BCUT2D eigenvalue weighted by molar-refractivity contribution is 5.07. The van der Waals surface area contributed by atoms with Crippen molar-refractivity contribution in [3.8, 4) is 0 Å². The molecule has 3 fully saturated rings. The zero-order valence-electron chi connectivity index (χ0n) is 29.5. The van der Waals surface area contributed by atoms with Gasteiger partial charge in [0.2, 0.25) is 0 Å². The normalized spacial score (nSPS) is 41.3. The van der Waals surface area contributed by atoms with Gasteiger partial charge < -0.3 is 123 Å². The summed E-state index contributed by atoms with van der Waals surface area (Å²) in [4.78, 5) is 0. The second kappa shape index (κ2) is 22.8. The van der Waals surface area contributed by atoms with Crippen molar-refractivity contribution in [3.05, 3.63) is 0 Å². The highest BCUT2D eigenvalue weighted by atomic mass is 16.4. The molecule has 0 aromatic heterocycles. The molecule has 3 rings (SSSR count). The number of rotatable bonds is 15. The van der Waals surface area contributed by atoms with Crippen LogP contribution >= 0.6 is 0 Å². The van der Waals surface area contributed by atoms with Crippen LogP contribution in [-0.2, 0) is 0 Å². The van der Waals surface area contributed by atoms with Crippen molar-refractivity contribution in [2.45, 2.75) is 127 Å². The molecule has 3 aliphatic rings. The Morgan fingerprint density at radius 2 is 0.537 bits per heavy atom. The topological polar surface area (TPSA) is 461 Å². The molecule has 324 valence electrons. The number of aliphatic hydroxyl groups is 21.